The fourth-order valence-corrected chi connectivity index (χ4v) is 1.63. The van der Waals surface area contributed by atoms with Crippen LogP contribution in [0.25, 0.3) is 0 Å². The lowest BCUT2D eigenvalue weighted by Gasteiger charge is -2.07. The van der Waals surface area contributed by atoms with Crippen LogP contribution in [0.15, 0.2) is 42.7 Å². The number of nitriles is 1. The zero-order valence-corrected chi connectivity index (χ0v) is 9.09. The first-order chi connectivity index (χ1) is 7.81. The second-order valence-corrected chi connectivity index (χ2v) is 3.66. The molecule has 0 saturated carbocycles. The van der Waals surface area contributed by atoms with Gasteiger partial charge in [-0.2, -0.15) is 5.26 Å². The van der Waals surface area contributed by atoms with Gasteiger partial charge in [0.25, 0.3) is 0 Å². The highest BCUT2D eigenvalue weighted by atomic mass is 35.5. The van der Waals surface area contributed by atoms with Crippen LogP contribution in [0, 0.1) is 11.3 Å². The second kappa shape index (κ2) is 4.73. The summed E-state index contributed by atoms with van der Waals surface area (Å²) in [7, 11) is 0. The van der Waals surface area contributed by atoms with E-state index in [1.165, 1.54) is 0 Å². The Bertz CT molecular complexity index is 519. The largest absolute Gasteiger partial charge is 0.240 e. The number of halogens is 1. The molecule has 16 heavy (non-hydrogen) atoms. The molecule has 2 rings (SSSR count). The van der Waals surface area contributed by atoms with Crippen molar-refractivity contribution in [2.75, 3.05) is 0 Å². The summed E-state index contributed by atoms with van der Waals surface area (Å²) in [6.07, 6.45) is 3.24. The number of rotatable bonds is 2. The van der Waals surface area contributed by atoms with E-state index in [2.05, 4.69) is 16.0 Å². The summed E-state index contributed by atoms with van der Waals surface area (Å²) in [6, 6.07) is 11.1. The predicted molar refractivity (Wildman–Crippen MR) is 60.9 cm³/mol. The van der Waals surface area contributed by atoms with E-state index in [-0.39, 0.29) is 0 Å². The van der Waals surface area contributed by atoms with Crippen LogP contribution in [0.2, 0.25) is 5.02 Å². The lowest BCUT2D eigenvalue weighted by atomic mass is 10.00. The molecule has 1 unspecified atom stereocenters. The van der Waals surface area contributed by atoms with Crippen LogP contribution in [0.1, 0.15) is 17.3 Å². The molecule has 1 atom stereocenters. The molecule has 3 nitrogen and oxygen atoms in total. The van der Waals surface area contributed by atoms with Gasteiger partial charge in [0.15, 0.2) is 0 Å². The Morgan fingerprint density at radius 1 is 1.19 bits per heavy atom. The molecule has 4 heteroatoms. The summed E-state index contributed by atoms with van der Waals surface area (Å²) in [6.45, 7) is 0. The van der Waals surface area contributed by atoms with Crippen molar-refractivity contribution in [3.63, 3.8) is 0 Å². The van der Waals surface area contributed by atoms with Crippen LogP contribution in [0.3, 0.4) is 0 Å². The van der Waals surface area contributed by atoms with E-state index in [0.29, 0.717) is 10.8 Å². The lowest BCUT2D eigenvalue weighted by molar-refractivity contribution is 0.890. The van der Waals surface area contributed by atoms with Crippen LogP contribution in [0.4, 0.5) is 0 Å². The number of benzene rings is 1. The Labute approximate surface area is 98.4 Å². The maximum absolute atomic E-state index is 9.15. The Kier molecular flexibility index (Phi) is 3.13. The van der Waals surface area contributed by atoms with Crippen molar-refractivity contribution in [1.29, 1.82) is 5.26 Å². The van der Waals surface area contributed by atoms with Crippen molar-refractivity contribution in [3.8, 4) is 6.07 Å². The van der Waals surface area contributed by atoms with E-state index in [9.17, 15) is 0 Å². The lowest BCUT2D eigenvalue weighted by Crippen LogP contribution is -2.03. The minimum Gasteiger partial charge on any atom is -0.240 e. The summed E-state index contributed by atoms with van der Waals surface area (Å²) in [4.78, 5) is 8.16. The molecule has 0 N–H and O–H groups in total. The second-order valence-electron chi connectivity index (χ2n) is 3.22. The van der Waals surface area contributed by atoms with E-state index >= 15 is 0 Å². The van der Waals surface area contributed by atoms with Crippen molar-refractivity contribution < 1.29 is 0 Å². The van der Waals surface area contributed by atoms with Gasteiger partial charge < -0.3 is 0 Å². The molecular formula is C12H8ClN3. The third kappa shape index (κ3) is 2.18. The SMILES string of the molecule is N#CC(c1cccc(Cl)c1)c1ncccn1. The summed E-state index contributed by atoms with van der Waals surface area (Å²) in [5, 5.41) is 9.76. The molecule has 1 aromatic carbocycles. The van der Waals surface area contributed by atoms with Crippen LogP contribution in [-0.4, -0.2) is 9.97 Å². The Morgan fingerprint density at radius 3 is 2.56 bits per heavy atom. The standard InChI is InChI=1S/C12H8ClN3/c13-10-4-1-3-9(7-10)11(8-14)12-15-5-2-6-16-12/h1-7,11H. The molecule has 0 aliphatic rings. The van der Waals surface area contributed by atoms with E-state index in [1.54, 1.807) is 30.6 Å². The minimum absolute atomic E-state index is 0.472. The van der Waals surface area contributed by atoms with Gasteiger partial charge in [-0.05, 0) is 23.8 Å². The van der Waals surface area contributed by atoms with Crippen LogP contribution >= 0.6 is 11.6 Å². The van der Waals surface area contributed by atoms with Crippen LogP contribution < -0.4 is 0 Å². The first kappa shape index (κ1) is 10.6. The number of nitrogens with zero attached hydrogens (tertiary/aromatic N) is 3. The molecule has 1 heterocycles. The molecular weight excluding hydrogens is 222 g/mol. The van der Waals surface area contributed by atoms with Gasteiger partial charge in [-0.3, -0.25) is 0 Å². The predicted octanol–water partition coefficient (Wildman–Crippen LogP) is 2.79. The third-order valence-electron chi connectivity index (χ3n) is 2.16. The fraction of sp³-hybridized carbons (Fsp3) is 0.0833. The topological polar surface area (TPSA) is 49.6 Å². The molecule has 0 aliphatic heterocycles. The zero-order valence-electron chi connectivity index (χ0n) is 8.34. The van der Waals surface area contributed by atoms with E-state index < -0.39 is 5.92 Å². The van der Waals surface area contributed by atoms with Gasteiger partial charge in [0.05, 0.1) is 6.07 Å². The first-order valence-corrected chi connectivity index (χ1v) is 5.11. The van der Waals surface area contributed by atoms with Gasteiger partial charge in [0.1, 0.15) is 11.7 Å². The zero-order chi connectivity index (χ0) is 11.4. The molecule has 1 aromatic heterocycles. The highest BCUT2D eigenvalue weighted by Gasteiger charge is 2.15. The van der Waals surface area contributed by atoms with Crippen molar-refractivity contribution in [2.24, 2.45) is 0 Å². The quantitative estimate of drug-likeness (QED) is 0.796. The number of hydrogen-bond donors (Lipinski definition) is 0. The van der Waals surface area contributed by atoms with E-state index in [4.69, 9.17) is 16.9 Å². The van der Waals surface area contributed by atoms with Crippen molar-refractivity contribution in [1.82, 2.24) is 9.97 Å². The Morgan fingerprint density at radius 2 is 1.94 bits per heavy atom. The van der Waals surface area contributed by atoms with Crippen LogP contribution in [-0.2, 0) is 0 Å². The Hall–Kier alpha value is -1.92. The highest BCUT2D eigenvalue weighted by Crippen LogP contribution is 2.23. The molecule has 0 fully saturated rings. The fourth-order valence-electron chi connectivity index (χ4n) is 1.43. The molecule has 0 amide bonds. The molecule has 78 valence electrons. The van der Waals surface area contributed by atoms with Crippen LogP contribution in [0.5, 0.6) is 0 Å². The first-order valence-electron chi connectivity index (χ1n) is 4.73. The van der Waals surface area contributed by atoms with E-state index in [1.807, 2.05) is 12.1 Å². The molecule has 2 aromatic rings. The maximum Gasteiger partial charge on any atom is 0.149 e. The summed E-state index contributed by atoms with van der Waals surface area (Å²) < 4.78 is 0. The van der Waals surface area contributed by atoms with Gasteiger partial charge in [-0.15, -0.1) is 0 Å². The minimum atomic E-state index is -0.472. The summed E-state index contributed by atoms with van der Waals surface area (Å²) >= 11 is 5.88. The third-order valence-corrected chi connectivity index (χ3v) is 2.39. The van der Waals surface area contributed by atoms with Gasteiger partial charge in [0.2, 0.25) is 0 Å². The van der Waals surface area contributed by atoms with Gasteiger partial charge in [-0.25, -0.2) is 9.97 Å². The average Bonchev–Trinajstić information content (AvgIpc) is 2.31. The highest BCUT2D eigenvalue weighted by molar-refractivity contribution is 6.30. The Balaban J connectivity index is 2.42. The summed E-state index contributed by atoms with van der Waals surface area (Å²) in [5.74, 6) is 0.0205. The van der Waals surface area contributed by atoms with Gasteiger partial charge in [-0.1, -0.05) is 23.7 Å². The molecule has 0 spiro atoms. The van der Waals surface area contributed by atoms with Crippen molar-refractivity contribution >= 4 is 11.6 Å². The average molecular weight is 230 g/mol. The van der Waals surface area contributed by atoms with Gasteiger partial charge in [0, 0.05) is 17.4 Å². The molecule has 0 aliphatic carbocycles. The maximum atomic E-state index is 9.15. The smallest absolute Gasteiger partial charge is 0.149 e. The monoisotopic (exact) mass is 229 g/mol. The number of hydrogen-bond acceptors (Lipinski definition) is 3. The van der Waals surface area contributed by atoms with E-state index in [0.717, 1.165) is 5.56 Å². The summed E-state index contributed by atoms with van der Waals surface area (Å²) in [5.41, 5.74) is 0.807. The number of aromatic nitrogens is 2. The normalized spacial score (nSPS) is 11.8. The molecule has 0 saturated heterocycles. The molecule has 0 radical (unpaired) electrons. The van der Waals surface area contributed by atoms with Crippen molar-refractivity contribution in [2.45, 2.75) is 5.92 Å². The van der Waals surface area contributed by atoms with Gasteiger partial charge >= 0.3 is 0 Å². The van der Waals surface area contributed by atoms with Crippen molar-refractivity contribution in [3.05, 3.63) is 59.1 Å². The molecule has 0 bridgehead atoms.